The van der Waals surface area contributed by atoms with E-state index >= 15 is 0 Å². The zero-order valence-electron chi connectivity index (χ0n) is 38.6. The molecule has 0 unspecified atom stereocenters. The fraction of sp³-hybridized carbons (Fsp3) is 0.0448. The highest BCUT2D eigenvalue weighted by molar-refractivity contribution is 6.22. The summed E-state index contributed by atoms with van der Waals surface area (Å²) in [6.07, 6.45) is 0. The van der Waals surface area contributed by atoms with Crippen molar-refractivity contribution >= 4 is 77.2 Å². The van der Waals surface area contributed by atoms with E-state index in [1.165, 1.54) is 93.3 Å². The van der Waals surface area contributed by atoms with Gasteiger partial charge in [-0.1, -0.05) is 196 Å². The van der Waals surface area contributed by atoms with Gasteiger partial charge < -0.3 is 9.80 Å². The van der Waals surface area contributed by atoms with Crippen LogP contribution in [0.25, 0.3) is 76.5 Å². The standard InChI is InChI=1S/C67H48N2/c1-67(2)62-43-48(64-56-30-16-18-32-58(56)66(59-33-19-17-31-57(59)64)69(50-24-8-4-9-25-50)51-26-10-5-11-27-51)37-41-60(62)65-55-29-15-14-28-54(55)61(44-63(65)67)46-35-38-52(39-36-46)68(49-22-6-3-7-23-49)53-40-34-45-20-12-13-21-47(45)42-53/h3-44H,1-2H3. The van der Waals surface area contributed by atoms with Crippen LogP contribution in [-0.4, -0.2) is 0 Å². The Morgan fingerprint density at radius 3 is 1.32 bits per heavy atom. The Morgan fingerprint density at radius 2 is 0.725 bits per heavy atom. The molecule has 1 aliphatic rings. The van der Waals surface area contributed by atoms with E-state index in [1.807, 2.05) is 0 Å². The lowest BCUT2D eigenvalue weighted by atomic mass is 9.79. The molecule has 0 amide bonds. The zero-order valence-corrected chi connectivity index (χ0v) is 38.6. The van der Waals surface area contributed by atoms with E-state index in [4.69, 9.17) is 0 Å². The molecule has 0 saturated heterocycles. The molecule has 0 aliphatic heterocycles. The van der Waals surface area contributed by atoms with Gasteiger partial charge in [0, 0.05) is 44.6 Å². The monoisotopic (exact) mass is 880 g/mol. The minimum Gasteiger partial charge on any atom is -0.310 e. The first kappa shape index (κ1) is 40.5. The first-order valence-corrected chi connectivity index (χ1v) is 24.0. The highest BCUT2D eigenvalue weighted by atomic mass is 15.1. The SMILES string of the molecule is CC1(C)c2cc(-c3c4ccccc4c(N(c4ccccc4)c4ccccc4)c4ccccc34)ccc2-c2c1cc(-c1ccc(N(c3ccccc3)c3ccc4ccccc4c3)cc1)c1ccccc21. The maximum atomic E-state index is 2.50. The third kappa shape index (κ3) is 6.63. The molecule has 0 saturated carbocycles. The Morgan fingerprint density at radius 1 is 0.275 bits per heavy atom. The van der Waals surface area contributed by atoms with Crippen LogP contribution in [0.5, 0.6) is 0 Å². The summed E-state index contributed by atoms with van der Waals surface area (Å²) in [4.78, 5) is 4.79. The van der Waals surface area contributed by atoms with Crippen LogP contribution in [-0.2, 0) is 5.41 Å². The van der Waals surface area contributed by atoms with Gasteiger partial charge in [-0.2, -0.15) is 0 Å². The molecule has 0 spiro atoms. The van der Waals surface area contributed by atoms with Gasteiger partial charge in [0.25, 0.3) is 0 Å². The van der Waals surface area contributed by atoms with Crippen LogP contribution in [0.2, 0.25) is 0 Å². The van der Waals surface area contributed by atoms with Crippen LogP contribution in [0.3, 0.4) is 0 Å². The Balaban J connectivity index is 0.942. The van der Waals surface area contributed by atoms with Gasteiger partial charge in [-0.25, -0.2) is 0 Å². The second kappa shape index (κ2) is 16.3. The number of rotatable bonds is 8. The van der Waals surface area contributed by atoms with E-state index in [-0.39, 0.29) is 5.41 Å². The molecule has 0 atom stereocenters. The average Bonchev–Trinajstić information content (AvgIpc) is 3.64. The molecular weight excluding hydrogens is 833 g/mol. The van der Waals surface area contributed by atoms with Crippen molar-refractivity contribution < 1.29 is 0 Å². The number of anilines is 6. The van der Waals surface area contributed by atoms with Crippen molar-refractivity contribution in [2.45, 2.75) is 19.3 Å². The normalized spacial score (nSPS) is 12.6. The second-order valence-corrected chi connectivity index (χ2v) is 18.8. The lowest BCUT2D eigenvalue weighted by Crippen LogP contribution is -2.15. The highest BCUT2D eigenvalue weighted by Gasteiger charge is 2.38. The summed E-state index contributed by atoms with van der Waals surface area (Å²) in [6.45, 7) is 4.84. The Hall–Kier alpha value is -8.72. The molecule has 1 aliphatic carbocycles. The molecule has 0 aromatic heterocycles. The Bertz CT molecular complexity index is 3820. The van der Waals surface area contributed by atoms with Crippen molar-refractivity contribution in [1.29, 1.82) is 0 Å². The molecule has 0 radical (unpaired) electrons. The first-order valence-electron chi connectivity index (χ1n) is 24.0. The molecule has 0 heterocycles. The van der Waals surface area contributed by atoms with Gasteiger partial charge in [-0.3, -0.25) is 0 Å². The van der Waals surface area contributed by atoms with Crippen LogP contribution in [0.1, 0.15) is 25.0 Å². The highest BCUT2D eigenvalue weighted by Crippen LogP contribution is 2.55. The summed E-state index contributed by atoms with van der Waals surface area (Å²) < 4.78 is 0. The van der Waals surface area contributed by atoms with E-state index in [1.54, 1.807) is 0 Å². The first-order chi connectivity index (χ1) is 34.0. The number of para-hydroxylation sites is 3. The largest absolute Gasteiger partial charge is 0.310 e. The number of benzene rings is 12. The van der Waals surface area contributed by atoms with Gasteiger partial charge in [0.1, 0.15) is 0 Å². The molecule has 12 aromatic rings. The van der Waals surface area contributed by atoms with E-state index in [9.17, 15) is 0 Å². The molecule has 13 rings (SSSR count). The van der Waals surface area contributed by atoms with Gasteiger partial charge in [-0.05, 0) is 150 Å². The number of hydrogen-bond donors (Lipinski definition) is 0. The number of fused-ring (bicyclic) bond motifs is 8. The van der Waals surface area contributed by atoms with Gasteiger partial charge in [-0.15, -0.1) is 0 Å². The van der Waals surface area contributed by atoms with Crippen LogP contribution in [0, 0.1) is 0 Å². The fourth-order valence-electron chi connectivity index (χ4n) is 11.3. The molecule has 2 nitrogen and oxygen atoms in total. The van der Waals surface area contributed by atoms with E-state index in [2.05, 4.69) is 278 Å². The third-order valence-corrected chi connectivity index (χ3v) is 14.6. The van der Waals surface area contributed by atoms with Crippen LogP contribution < -0.4 is 9.80 Å². The molecule has 0 bridgehead atoms. The van der Waals surface area contributed by atoms with Gasteiger partial charge in [0.2, 0.25) is 0 Å². The smallest absolute Gasteiger partial charge is 0.0618 e. The van der Waals surface area contributed by atoms with Crippen molar-refractivity contribution in [3.05, 3.63) is 266 Å². The number of nitrogens with zero attached hydrogens (tertiary/aromatic N) is 2. The van der Waals surface area contributed by atoms with Gasteiger partial charge in [0.15, 0.2) is 0 Å². The summed E-state index contributed by atoms with van der Waals surface area (Å²) in [7, 11) is 0. The second-order valence-electron chi connectivity index (χ2n) is 18.8. The summed E-state index contributed by atoms with van der Waals surface area (Å²) in [6, 6.07) is 93.5. The molecule has 326 valence electrons. The summed E-state index contributed by atoms with van der Waals surface area (Å²) in [5, 5.41) is 9.91. The third-order valence-electron chi connectivity index (χ3n) is 14.6. The Kier molecular flexibility index (Phi) is 9.55. The molecule has 69 heavy (non-hydrogen) atoms. The predicted molar refractivity (Wildman–Crippen MR) is 294 cm³/mol. The Labute approximate surface area is 403 Å². The van der Waals surface area contributed by atoms with E-state index in [0.717, 1.165) is 28.4 Å². The molecule has 12 aromatic carbocycles. The minimum atomic E-state index is -0.261. The summed E-state index contributed by atoms with van der Waals surface area (Å²) in [5.74, 6) is 0. The maximum Gasteiger partial charge on any atom is 0.0618 e. The topological polar surface area (TPSA) is 6.48 Å². The zero-order chi connectivity index (χ0) is 46.1. The van der Waals surface area contributed by atoms with E-state index < -0.39 is 0 Å². The van der Waals surface area contributed by atoms with Gasteiger partial charge >= 0.3 is 0 Å². The van der Waals surface area contributed by atoms with Crippen molar-refractivity contribution in [1.82, 2.24) is 0 Å². The summed E-state index contributed by atoms with van der Waals surface area (Å²) >= 11 is 0. The minimum absolute atomic E-state index is 0.261. The lowest BCUT2D eigenvalue weighted by Gasteiger charge is -2.29. The van der Waals surface area contributed by atoms with Crippen molar-refractivity contribution in [3.63, 3.8) is 0 Å². The van der Waals surface area contributed by atoms with E-state index in [0.29, 0.717) is 0 Å². The van der Waals surface area contributed by atoms with Crippen LogP contribution in [0.15, 0.2) is 255 Å². The van der Waals surface area contributed by atoms with Crippen LogP contribution >= 0.6 is 0 Å². The van der Waals surface area contributed by atoms with Crippen molar-refractivity contribution in [2.24, 2.45) is 0 Å². The predicted octanol–water partition coefficient (Wildman–Crippen LogP) is 18.9. The molecular formula is C67H48N2. The van der Waals surface area contributed by atoms with Gasteiger partial charge in [0.05, 0.1) is 5.69 Å². The molecule has 0 fully saturated rings. The maximum absolute atomic E-state index is 2.50. The molecule has 2 heteroatoms. The van der Waals surface area contributed by atoms with Crippen molar-refractivity contribution in [3.8, 4) is 33.4 Å². The molecule has 0 N–H and O–H groups in total. The fourth-order valence-corrected chi connectivity index (χ4v) is 11.3. The van der Waals surface area contributed by atoms with Crippen LogP contribution in [0.4, 0.5) is 34.1 Å². The number of hydrogen-bond acceptors (Lipinski definition) is 2. The summed E-state index contributed by atoms with van der Waals surface area (Å²) in [5.41, 5.74) is 16.9. The quantitative estimate of drug-likeness (QED) is 0.140. The van der Waals surface area contributed by atoms with Crippen molar-refractivity contribution in [2.75, 3.05) is 9.80 Å². The average molecular weight is 881 g/mol. The lowest BCUT2D eigenvalue weighted by molar-refractivity contribution is 0.661.